The number of hydrogen-bond donors (Lipinski definition) is 2. The van der Waals surface area contributed by atoms with E-state index in [4.69, 9.17) is 5.73 Å². The van der Waals surface area contributed by atoms with Gasteiger partial charge in [0.2, 0.25) is 5.91 Å². The summed E-state index contributed by atoms with van der Waals surface area (Å²) in [4.78, 5) is 12.0. The molecule has 0 saturated heterocycles. The number of carbonyl (C=O) groups is 1. The molecule has 1 aliphatic rings. The van der Waals surface area contributed by atoms with Gasteiger partial charge in [-0.2, -0.15) is 0 Å². The molecule has 1 saturated carbocycles. The molecule has 1 aromatic rings. The quantitative estimate of drug-likeness (QED) is 0.838. The van der Waals surface area contributed by atoms with Gasteiger partial charge in [-0.1, -0.05) is 25.3 Å². The summed E-state index contributed by atoms with van der Waals surface area (Å²) in [5.41, 5.74) is 7.98. The van der Waals surface area contributed by atoms with Gasteiger partial charge in [-0.05, 0) is 37.5 Å². The standard InChI is InChI=1S/C15H22N2O2S/c1-11-7-8-12(16)9-14(11)17-15(18)10-20(19)13-5-3-2-4-6-13/h7-9,13H,2-6,10,16H2,1H3,(H,17,18). The smallest absolute Gasteiger partial charge is 0.237 e. The van der Waals surface area contributed by atoms with Crippen molar-refractivity contribution in [3.63, 3.8) is 0 Å². The molecule has 0 spiro atoms. The topological polar surface area (TPSA) is 72.2 Å². The van der Waals surface area contributed by atoms with Crippen LogP contribution in [-0.4, -0.2) is 21.1 Å². The van der Waals surface area contributed by atoms with Crippen molar-refractivity contribution >= 4 is 28.1 Å². The van der Waals surface area contributed by atoms with Crippen LogP contribution in [0, 0.1) is 6.92 Å². The molecule has 1 aromatic carbocycles. The van der Waals surface area contributed by atoms with Gasteiger partial charge in [0, 0.05) is 27.4 Å². The highest BCUT2D eigenvalue weighted by Gasteiger charge is 2.21. The van der Waals surface area contributed by atoms with Crippen LogP contribution in [0.5, 0.6) is 0 Å². The Hall–Kier alpha value is -1.36. The SMILES string of the molecule is Cc1ccc(N)cc1NC(=O)CS(=O)C1CCCCC1. The zero-order chi connectivity index (χ0) is 14.5. The molecule has 1 amide bonds. The van der Waals surface area contributed by atoms with Crippen LogP contribution in [-0.2, 0) is 15.6 Å². The molecule has 110 valence electrons. The molecule has 5 heteroatoms. The summed E-state index contributed by atoms with van der Waals surface area (Å²) >= 11 is 0. The van der Waals surface area contributed by atoms with Crippen molar-refractivity contribution < 1.29 is 9.00 Å². The zero-order valence-corrected chi connectivity index (χ0v) is 12.7. The Bertz CT molecular complexity index is 511. The van der Waals surface area contributed by atoms with E-state index in [1.165, 1.54) is 6.42 Å². The molecular formula is C15H22N2O2S. The second-order valence-corrected chi connectivity index (χ2v) is 7.12. The third kappa shape index (κ3) is 4.07. The first-order valence-corrected chi connectivity index (χ1v) is 8.47. The van der Waals surface area contributed by atoms with E-state index in [9.17, 15) is 9.00 Å². The molecule has 0 aromatic heterocycles. The van der Waals surface area contributed by atoms with Crippen molar-refractivity contribution in [1.29, 1.82) is 0 Å². The maximum atomic E-state index is 12.2. The van der Waals surface area contributed by atoms with E-state index < -0.39 is 10.8 Å². The Balaban J connectivity index is 1.91. The number of nitrogen functional groups attached to an aromatic ring is 1. The Morgan fingerprint density at radius 3 is 2.75 bits per heavy atom. The van der Waals surface area contributed by atoms with E-state index >= 15 is 0 Å². The highest BCUT2D eigenvalue weighted by molar-refractivity contribution is 7.86. The second-order valence-electron chi connectivity index (χ2n) is 5.41. The highest BCUT2D eigenvalue weighted by atomic mass is 32.2. The van der Waals surface area contributed by atoms with Gasteiger partial charge in [0.25, 0.3) is 0 Å². The van der Waals surface area contributed by atoms with Crippen molar-refractivity contribution in [2.24, 2.45) is 0 Å². The molecule has 1 fully saturated rings. The van der Waals surface area contributed by atoms with E-state index in [1.54, 1.807) is 12.1 Å². The monoisotopic (exact) mass is 294 g/mol. The number of amides is 1. The molecule has 0 bridgehead atoms. The zero-order valence-electron chi connectivity index (χ0n) is 11.9. The normalized spacial score (nSPS) is 17.6. The lowest BCUT2D eigenvalue weighted by Gasteiger charge is -2.20. The average Bonchev–Trinajstić information content (AvgIpc) is 2.43. The Labute approximate surface area is 122 Å². The predicted molar refractivity (Wildman–Crippen MR) is 84.1 cm³/mol. The van der Waals surface area contributed by atoms with Crippen molar-refractivity contribution in [3.05, 3.63) is 23.8 Å². The minimum atomic E-state index is -1.07. The molecule has 1 unspecified atom stereocenters. The van der Waals surface area contributed by atoms with E-state index in [1.807, 2.05) is 13.0 Å². The number of aryl methyl sites for hydroxylation is 1. The van der Waals surface area contributed by atoms with Crippen LogP contribution < -0.4 is 11.1 Å². The molecular weight excluding hydrogens is 272 g/mol. The molecule has 2 rings (SSSR count). The van der Waals surface area contributed by atoms with Gasteiger partial charge >= 0.3 is 0 Å². The minimum Gasteiger partial charge on any atom is -0.399 e. The first kappa shape index (κ1) is 15.0. The summed E-state index contributed by atoms with van der Waals surface area (Å²) in [6.07, 6.45) is 5.45. The van der Waals surface area contributed by atoms with Crippen LogP contribution in [0.3, 0.4) is 0 Å². The van der Waals surface area contributed by atoms with E-state index in [0.717, 1.165) is 31.2 Å². The Kier molecular flexibility index (Phi) is 5.17. The third-order valence-corrected chi connectivity index (χ3v) is 5.49. The lowest BCUT2D eigenvalue weighted by Crippen LogP contribution is -2.27. The number of anilines is 2. The van der Waals surface area contributed by atoms with Crippen molar-refractivity contribution in [2.45, 2.75) is 44.3 Å². The van der Waals surface area contributed by atoms with Gasteiger partial charge in [0.15, 0.2) is 0 Å². The molecule has 3 N–H and O–H groups in total. The fourth-order valence-corrected chi connectivity index (χ4v) is 3.96. The van der Waals surface area contributed by atoms with Gasteiger partial charge in [0.1, 0.15) is 5.75 Å². The van der Waals surface area contributed by atoms with Crippen molar-refractivity contribution in [3.8, 4) is 0 Å². The number of nitrogens with one attached hydrogen (secondary N) is 1. The number of nitrogens with two attached hydrogens (primary N) is 1. The summed E-state index contributed by atoms with van der Waals surface area (Å²) in [5, 5.41) is 3.00. The van der Waals surface area contributed by atoms with Gasteiger partial charge in [0.05, 0.1) is 0 Å². The van der Waals surface area contributed by atoms with E-state index in [2.05, 4.69) is 5.32 Å². The Morgan fingerprint density at radius 1 is 1.35 bits per heavy atom. The largest absolute Gasteiger partial charge is 0.399 e. The van der Waals surface area contributed by atoms with E-state index in [0.29, 0.717) is 11.4 Å². The molecule has 0 radical (unpaired) electrons. The highest BCUT2D eigenvalue weighted by Crippen LogP contribution is 2.22. The van der Waals surface area contributed by atoms with Crippen LogP contribution in [0.15, 0.2) is 18.2 Å². The fraction of sp³-hybridized carbons (Fsp3) is 0.533. The minimum absolute atomic E-state index is 0.0822. The van der Waals surface area contributed by atoms with Crippen LogP contribution in [0.25, 0.3) is 0 Å². The van der Waals surface area contributed by atoms with Crippen LogP contribution >= 0.6 is 0 Å². The summed E-state index contributed by atoms with van der Waals surface area (Å²) < 4.78 is 12.2. The van der Waals surface area contributed by atoms with Gasteiger partial charge in [-0.25, -0.2) is 0 Å². The van der Waals surface area contributed by atoms with Crippen LogP contribution in [0.2, 0.25) is 0 Å². The Morgan fingerprint density at radius 2 is 2.05 bits per heavy atom. The number of hydrogen-bond acceptors (Lipinski definition) is 3. The average molecular weight is 294 g/mol. The summed E-state index contributed by atoms with van der Waals surface area (Å²) in [5.74, 6) is -0.110. The summed E-state index contributed by atoms with van der Waals surface area (Å²) in [7, 11) is -1.07. The van der Waals surface area contributed by atoms with E-state index in [-0.39, 0.29) is 16.9 Å². The number of benzene rings is 1. The van der Waals surface area contributed by atoms with Crippen molar-refractivity contribution in [1.82, 2.24) is 0 Å². The fourth-order valence-electron chi connectivity index (χ4n) is 2.54. The molecule has 1 aliphatic carbocycles. The summed E-state index contributed by atoms with van der Waals surface area (Å²) in [6, 6.07) is 5.39. The van der Waals surface area contributed by atoms with Gasteiger partial charge in [-0.3, -0.25) is 9.00 Å². The van der Waals surface area contributed by atoms with Gasteiger partial charge < -0.3 is 11.1 Å². The number of carbonyl (C=O) groups excluding carboxylic acids is 1. The molecule has 0 aliphatic heterocycles. The lowest BCUT2D eigenvalue weighted by atomic mass is 10.0. The molecule has 4 nitrogen and oxygen atoms in total. The third-order valence-electron chi connectivity index (χ3n) is 3.73. The predicted octanol–water partition coefficient (Wildman–Crippen LogP) is 2.60. The lowest BCUT2D eigenvalue weighted by molar-refractivity contribution is -0.113. The molecule has 1 atom stereocenters. The maximum Gasteiger partial charge on any atom is 0.237 e. The molecule has 0 heterocycles. The maximum absolute atomic E-state index is 12.2. The van der Waals surface area contributed by atoms with Gasteiger partial charge in [-0.15, -0.1) is 0 Å². The first-order chi connectivity index (χ1) is 9.56. The molecule has 20 heavy (non-hydrogen) atoms. The van der Waals surface area contributed by atoms with Crippen LogP contribution in [0.4, 0.5) is 11.4 Å². The summed E-state index contributed by atoms with van der Waals surface area (Å²) in [6.45, 7) is 1.91. The second kappa shape index (κ2) is 6.88. The number of rotatable bonds is 4. The van der Waals surface area contributed by atoms with Crippen molar-refractivity contribution in [2.75, 3.05) is 16.8 Å². The van der Waals surface area contributed by atoms with Crippen LogP contribution in [0.1, 0.15) is 37.7 Å². The first-order valence-electron chi connectivity index (χ1n) is 7.09.